The van der Waals surface area contributed by atoms with E-state index in [0.29, 0.717) is 0 Å². The minimum absolute atomic E-state index is 0.237. The number of carboxylic acids is 1. The van der Waals surface area contributed by atoms with Crippen molar-refractivity contribution in [2.24, 2.45) is 0 Å². The Bertz CT molecular complexity index is 1380. The predicted octanol–water partition coefficient (Wildman–Crippen LogP) is 5.88. The maximum Gasteiger partial charge on any atom is 0.352 e. The fourth-order valence-corrected chi connectivity index (χ4v) is 4.44. The van der Waals surface area contributed by atoms with Crippen molar-refractivity contribution in [2.75, 3.05) is 0 Å². The van der Waals surface area contributed by atoms with Gasteiger partial charge < -0.3 is 20.1 Å². The highest BCUT2D eigenvalue weighted by Crippen LogP contribution is 2.42. The van der Waals surface area contributed by atoms with Crippen LogP contribution in [-0.2, 0) is 6.42 Å². The van der Waals surface area contributed by atoms with E-state index in [4.69, 9.17) is 0 Å². The lowest BCUT2D eigenvalue weighted by Gasteiger charge is -2.11. The monoisotopic (exact) mass is 383 g/mol. The lowest BCUT2D eigenvalue weighted by molar-refractivity contribution is 0.0692. The molecule has 0 aliphatic rings. The van der Waals surface area contributed by atoms with E-state index >= 15 is 0 Å². The summed E-state index contributed by atoms with van der Waals surface area (Å²) in [6.45, 7) is 4.11. The molecular formula is C24H21N3O2. The molecule has 5 nitrogen and oxygen atoms in total. The second kappa shape index (κ2) is 6.41. The summed E-state index contributed by atoms with van der Waals surface area (Å²) >= 11 is 0. The van der Waals surface area contributed by atoms with Gasteiger partial charge in [0.15, 0.2) is 0 Å². The molecule has 0 aliphatic carbocycles. The SMILES string of the molecule is CCc1c(-c2cccc3[nH]ccc23)[nH]c(C(=O)O)c1-c1c(C)ccc2[nH]ccc12. The summed E-state index contributed by atoms with van der Waals surface area (Å²) in [7, 11) is 0. The number of nitrogens with one attached hydrogen (secondary N) is 3. The van der Waals surface area contributed by atoms with E-state index in [9.17, 15) is 9.90 Å². The molecule has 2 aromatic carbocycles. The highest BCUT2D eigenvalue weighted by molar-refractivity contribution is 6.07. The van der Waals surface area contributed by atoms with Gasteiger partial charge in [0.1, 0.15) is 5.69 Å². The number of aryl methyl sites for hydroxylation is 1. The summed E-state index contributed by atoms with van der Waals surface area (Å²) in [6.07, 6.45) is 4.52. The molecule has 4 N–H and O–H groups in total. The standard InChI is InChI=1S/C24H21N3O2/c1-3-14-21(20-13(2)7-8-19-17(20)10-12-26-19)23(24(28)29)27-22(14)16-5-4-6-18-15(16)9-11-25-18/h4-12,25-27H,3H2,1-2H3,(H,28,29). The van der Waals surface area contributed by atoms with Crippen molar-refractivity contribution in [3.63, 3.8) is 0 Å². The second-order valence-electron chi connectivity index (χ2n) is 7.33. The van der Waals surface area contributed by atoms with Crippen LogP contribution in [0, 0.1) is 6.92 Å². The van der Waals surface area contributed by atoms with Crippen LogP contribution in [0.25, 0.3) is 44.2 Å². The molecule has 0 saturated carbocycles. The normalized spacial score (nSPS) is 11.5. The van der Waals surface area contributed by atoms with E-state index in [0.717, 1.165) is 61.7 Å². The number of fused-ring (bicyclic) bond motifs is 2. The number of aromatic carboxylic acids is 1. The van der Waals surface area contributed by atoms with E-state index in [1.54, 1.807) is 0 Å². The quantitative estimate of drug-likeness (QED) is 0.312. The number of carboxylic acid groups (broad SMARTS) is 1. The van der Waals surface area contributed by atoms with E-state index in [-0.39, 0.29) is 5.69 Å². The minimum Gasteiger partial charge on any atom is -0.477 e. The highest BCUT2D eigenvalue weighted by atomic mass is 16.4. The molecule has 0 spiro atoms. The van der Waals surface area contributed by atoms with Crippen LogP contribution >= 0.6 is 0 Å². The number of aromatic amines is 3. The fraction of sp³-hybridized carbons (Fsp3) is 0.125. The summed E-state index contributed by atoms with van der Waals surface area (Å²) in [6, 6.07) is 14.2. The van der Waals surface area contributed by atoms with E-state index in [2.05, 4.69) is 21.9 Å². The average Bonchev–Trinajstić information content (AvgIpc) is 3.44. The zero-order valence-corrected chi connectivity index (χ0v) is 16.3. The molecule has 3 heterocycles. The summed E-state index contributed by atoms with van der Waals surface area (Å²) in [5.41, 5.74) is 7.98. The number of aromatic nitrogens is 3. The lowest BCUT2D eigenvalue weighted by atomic mass is 9.91. The summed E-state index contributed by atoms with van der Waals surface area (Å²) in [5, 5.41) is 12.2. The van der Waals surface area contributed by atoms with Crippen molar-refractivity contribution in [3.8, 4) is 22.4 Å². The third-order valence-corrected chi connectivity index (χ3v) is 5.73. The van der Waals surface area contributed by atoms with Gasteiger partial charge in [-0.3, -0.25) is 0 Å². The van der Waals surface area contributed by atoms with Crippen LogP contribution < -0.4 is 0 Å². The minimum atomic E-state index is -0.950. The van der Waals surface area contributed by atoms with Gasteiger partial charge in [0, 0.05) is 45.3 Å². The first-order valence-electron chi connectivity index (χ1n) is 9.71. The zero-order chi connectivity index (χ0) is 20.1. The van der Waals surface area contributed by atoms with E-state index in [1.165, 1.54) is 0 Å². The molecule has 5 heteroatoms. The van der Waals surface area contributed by atoms with Crippen LogP contribution in [0.5, 0.6) is 0 Å². The van der Waals surface area contributed by atoms with Gasteiger partial charge in [-0.25, -0.2) is 4.79 Å². The van der Waals surface area contributed by atoms with Crippen LogP contribution in [0.1, 0.15) is 28.5 Å². The average molecular weight is 383 g/mol. The van der Waals surface area contributed by atoms with Crippen molar-refractivity contribution < 1.29 is 9.90 Å². The van der Waals surface area contributed by atoms with Crippen LogP contribution in [0.2, 0.25) is 0 Å². The Balaban J connectivity index is 1.90. The van der Waals surface area contributed by atoms with Gasteiger partial charge in [0.05, 0.1) is 5.69 Å². The lowest BCUT2D eigenvalue weighted by Crippen LogP contribution is -2.00. The van der Waals surface area contributed by atoms with Gasteiger partial charge in [0.25, 0.3) is 0 Å². The Hall–Kier alpha value is -3.73. The summed E-state index contributed by atoms with van der Waals surface area (Å²) in [5.74, 6) is -0.950. The second-order valence-corrected chi connectivity index (χ2v) is 7.33. The Morgan fingerprint density at radius 3 is 2.38 bits per heavy atom. The topological polar surface area (TPSA) is 84.7 Å². The first kappa shape index (κ1) is 17.4. The molecule has 3 aromatic heterocycles. The molecule has 5 aromatic rings. The van der Waals surface area contributed by atoms with Gasteiger partial charge in [-0.15, -0.1) is 0 Å². The molecule has 29 heavy (non-hydrogen) atoms. The number of rotatable bonds is 4. The smallest absolute Gasteiger partial charge is 0.352 e. The molecule has 0 radical (unpaired) electrons. The number of H-pyrrole nitrogens is 3. The van der Waals surface area contributed by atoms with Crippen LogP contribution in [-0.4, -0.2) is 26.0 Å². The Morgan fingerprint density at radius 2 is 1.66 bits per heavy atom. The largest absolute Gasteiger partial charge is 0.477 e. The van der Waals surface area contributed by atoms with Crippen molar-refractivity contribution in [1.29, 1.82) is 0 Å². The summed E-state index contributed by atoms with van der Waals surface area (Å²) in [4.78, 5) is 22.0. The molecule has 0 atom stereocenters. The maximum atomic E-state index is 12.3. The molecule has 0 fully saturated rings. The first-order chi connectivity index (χ1) is 14.1. The van der Waals surface area contributed by atoms with Crippen molar-refractivity contribution in [2.45, 2.75) is 20.3 Å². The van der Waals surface area contributed by atoms with Crippen LogP contribution in [0.15, 0.2) is 54.9 Å². The highest BCUT2D eigenvalue weighted by Gasteiger charge is 2.26. The van der Waals surface area contributed by atoms with Gasteiger partial charge in [-0.05, 0) is 54.3 Å². The Labute approximate surface area is 167 Å². The number of hydrogen-bond donors (Lipinski definition) is 4. The van der Waals surface area contributed by atoms with Gasteiger partial charge in [-0.1, -0.05) is 25.1 Å². The Kier molecular flexibility index (Phi) is 3.84. The molecule has 144 valence electrons. The summed E-state index contributed by atoms with van der Waals surface area (Å²) < 4.78 is 0. The molecule has 0 amide bonds. The molecular weight excluding hydrogens is 362 g/mol. The molecule has 0 bridgehead atoms. The first-order valence-corrected chi connectivity index (χ1v) is 9.71. The van der Waals surface area contributed by atoms with Crippen LogP contribution in [0.3, 0.4) is 0 Å². The van der Waals surface area contributed by atoms with Crippen molar-refractivity contribution in [1.82, 2.24) is 15.0 Å². The van der Waals surface area contributed by atoms with E-state index in [1.807, 2.05) is 61.8 Å². The maximum absolute atomic E-state index is 12.3. The third kappa shape index (κ3) is 2.51. The number of hydrogen-bond acceptors (Lipinski definition) is 1. The van der Waals surface area contributed by atoms with Crippen molar-refractivity contribution >= 4 is 27.8 Å². The molecule has 0 aliphatic heterocycles. The predicted molar refractivity (Wildman–Crippen MR) is 116 cm³/mol. The molecule has 5 rings (SSSR count). The number of carbonyl (C=O) groups is 1. The van der Waals surface area contributed by atoms with Gasteiger partial charge in [0.2, 0.25) is 0 Å². The van der Waals surface area contributed by atoms with Crippen LogP contribution in [0.4, 0.5) is 0 Å². The molecule has 0 saturated heterocycles. The number of benzene rings is 2. The fourth-order valence-electron chi connectivity index (χ4n) is 4.44. The molecule has 0 unspecified atom stereocenters. The Morgan fingerprint density at radius 1 is 0.931 bits per heavy atom. The van der Waals surface area contributed by atoms with Gasteiger partial charge in [-0.2, -0.15) is 0 Å². The third-order valence-electron chi connectivity index (χ3n) is 5.73. The van der Waals surface area contributed by atoms with E-state index < -0.39 is 5.97 Å². The van der Waals surface area contributed by atoms with Crippen molar-refractivity contribution in [3.05, 3.63) is 71.7 Å². The van der Waals surface area contributed by atoms with Gasteiger partial charge >= 0.3 is 5.97 Å². The zero-order valence-electron chi connectivity index (χ0n) is 16.3.